The SMILES string of the molecule is O=C1Cc2ccc(Cl)c(F)c2N1. The van der Waals surface area contributed by atoms with E-state index in [2.05, 4.69) is 5.32 Å². The Morgan fingerprint density at radius 2 is 2.25 bits per heavy atom. The van der Waals surface area contributed by atoms with Crippen LogP contribution in [0, 0.1) is 5.82 Å². The quantitative estimate of drug-likeness (QED) is 0.658. The summed E-state index contributed by atoms with van der Waals surface area (Å²) in [4.78, 5) is 10.8. The van der Waals surface area contributed by atoms with Crippen LogP contribution in [0.5, 0.6) is 0 Å². The summed E-state index contributed by atoms with van der Waals surface area (Å²) in [6.07, 6.45) is 0.240. The first-order chi connectivity index (χ1) is 5.68. The van der Waals surface area contributed by atoms with Crippen molar-refractivity contribution in [2.75, 3.05) is 5.32 Å². The zero-order valence-electron chi connectivity index (χ0n) is 6.03. The van der Waals surface area contributed by atoms with E-state index in [0.717, 1.165) is 0 Å². The summed E-state index contributed by atoms with van der Waals surface area (Å²) in [7, 11) is 0. The Balaban J connectivity index is 2.61. The first-order valence-electron chi connectivity index (χ1n) is 3.45. The summed E-state index contributed by atoms with van der Waals surface area (Å²) in [6, 6.07) is 3.11. The van der Waals surface area contributed by atoms with Crippen molar-refractivity contribution >= 4 is 23.2 Å². The Kier molecular flexibility index (Phi) is 1.54. The molecule has 1 heterocycles. The first kappa shape index (κ1) is 7.55. The number of halogens is 2. The number of carbonyl (C=O) groups is 1. The minimum Gasteiger partial charge on any atom is -0.323 e. The summed E-state index contributed by atoms with van der Waals surface area (Å²) < 4.78 is 13.1. The van der Waals surface area contributed by atoms with Crippen LogP contribution in [-0.4, -0.2) is 5.91 Å². The van der Waals surface area contributed by atoms with Gasteiger partial charge < -0.3 is 5.32 Å². The van der Waals surface area contributed by atoms with E-state index in [4.69, 9.17) is 11.6 Å². The number of anilines is 1. The van der Waals surface area contributed by atoms with Gasteiger partial charge in [0.15, 0.2) is 5.82 Å². The lowest BCUT2D eigenvalue weighted by atomic mass is 10.1. The molecule has 1 amide bonds. The molecule has 2 nitrogen and oxygen atoms in total. The molecule has 0 atom stereocenters. The number of fused-ring (bicyclic) bond motifs is 1. The van der Waals surface area contributed by atoms with Crippen molar-refractivity contribution in [3.63, 3.8) is 0 Å². The Bertz CT molecular complexity index is 364. The average Bonchev–Trinajstić information content (AvgIpc) is 2.39. The molecule has 4 heteroatoms. The Hall–Kier alpha value is -1.09. The maximum Gasteiger partial charge on any atom is 0.228 e. The first-order valence-corrected chi connectivity index (χ1v) is 3.83. The van der Waals surface area contributed by atoms with Gasteiger partial charge in [-0.05, 0) is 11.6 Å². The molecule has 1 aliphatic rings. The van der Waals surface area contributed by atoms with Crippen LogP contribution in [0.1, 0.15) is 5.56 Å². The van der Waals surface area contributed by atoms with Crippen molar-refractivity contribution in [2.45, 2.75) is 6.42 Å². The maximum atomic E-state index is 13.1. The lowest BCUT2D eigenvalue weighted by molar-refractivity contribution is -0.115. The molecule has 1 aliphatic heterocycles. The summed E-state index contributed by atoms with van der Waals surface area (Å²) in [5.41, 5.74) is 0.898. The molecule has 12 heavy (non-hydrogen) atoms. The lowest BCUT2D eigenvalue weighted by Crippen LogP contribution is -2.04. The van der Waals surface area contributed by atoms with E-state index in [-0.39, 0.29) is 23.0 Å². The van der Waals surface area contributed by atoms with Gasteiger partial charge in [0.05, 0.1) is 17.1 Å². The fourth-order valence-electron chi connectivity index (χ4n) is 1.23. The highest BCUT2D eigenvalue weighted by Crippen LogP contribution is 2.30. The topological polar surface area (TPSA) is 29.1 Å². The minimum atomic E-state index is -0.542. The normalized spacial score (nSPS) is 14.3. The van der Waals surface area contributed by atoms with Crippen LogP contribution in [0.15, 0.2) is 12.1 Å². The predicted octanol–water partition coefficient (Wildman–Crippen LogP) is 1.97. The highest BCUT2D eigenvalue weighted by atomic mass is 35.5. The molecule has 0 saturated heterocycles. The van der Waals surface area contributed by atoms with Crippen molar-refractivity contribution in [3.05, 3.63) is 28.5 Å². The molecule has 2 rings (SSSR count). The van der Waals surface area contributed by atoms with Crippen LogP contribution < -0.4 is 5.32 Å². The maximum absolute atomic E-state index is 13.1. The van der Waals surface area contributed by atoms with E-state index in [9.17, 15) is 9.18 Å². The van der Waals surface area contributed by atoms with Gasteiger partial charge in [-0.25, -0.2) is 4.39 Å². The van der Waals surface area contributed by atoms with E-state index in [1.54, 1.807) is 6.07 Å². The molecule has 0 saturated carbocycles. The number of rotatable bonds is 0. The number of hydrogen-bond donors (Lipinski definition) is 1. The molecule has 0 unspecified atom stereocenters. The third-order valence-electron chi connectivity index (χ3n) is 1.80. The van der Waals surface area contributed by atoms with Gasteiger partial charge in [0.1, 0.15) is 0 Å². The average molecular weight is 186 g/mol. The largest absolute Gasteiger partial charge is 0.323 e. The monoisotopic (exact) mass is 185 g/mol. The molecule has 1 aromatic carbocycles. The van der Waals surface area contributed by atoms with Crippen molar-refractivity contribution in [1.29, 1.82) is 0 Å². The van der Waals surface area contributed by atoms with Gasteiger partial charge in [-0.3, -0.25) is 4.79 Å². The molecule has 0 fully saturated rings. The third kappa shape index (κ3) is 0.975. The Morgan fingerprint density at radius 3 is 3.00 bits per heavy atom. The molecule has 0 radical (unpaired) electrons. The molecular formula is C8H5ClFNO. The number of benzene rings is 1. The molecule has 1 aromatic rings. The van der Waals surface area contributed by atoms with Gasteiger partial charge in [0.2, 0.25) is 5.91 Å². The molecule has 0 bridgehead atoms. The zero-order chi connectivity index (χ0) is 8.72. The highest BCUT2D eigenvalue weighted by Gasteiger charge is 2.22. The van der Waals surface area contributed by atoms with Gasteiger partial charge in [-0.2, -0.15) is 0 Å². The number of carbonyl (C=O) groups excluding carboxylic acids is 1. The van der Waals surface area contributed by atoms with Gasteiger partial charge in [-0.15, -0.1) is 0 Å². The third-order valence-corrected chi connectivity index (χ3v) is 2.09. The standard InChI is InChI=1S/C8H5ClFNO/c9-5-2-1-4-3-6(12)11-8(4)7(5)10/h1-2H,3H2,(H,11,12). The van der Waals surface area contributed by atoms with Gasteiger partial charge in [0.25, 0.3) is 0 Å². The lowest BCUT2D eigenvalue weighted by Gasteiger charge is -2.00. The van der Waals surface area contributed by atoms with Crippen LogP contribution in [-0.2, 0) is 11.2 Å². The van der Waals surface area contributed by atoms with Crippen molar-refractivity contribution in [1.82, 2.24) is 0 Å². The highest BCUT2D eigenvalue weighted by molar-refractivity contribution is 6.31. The van der Waals surface area contributed by atoms with Crippen molar-refractivity contribution in [2.24, 2.45) is 0 Å². The predicted molar refractivity (Wildman–Crippen MR) is 43.7 cm³/mol. The molecule has 0 aliphatic carbocycles. The second kappa shape index (κ2) is 2.45. The molecule has 1 N–H and O–H groups in total. The van der Waals surface area contributed by atoms with Gasteiger partial charge in [0, 0.05) is 0 Å². The summed E-state index contributed by atoms with van der Waals surface area (Å²) in [6.45, 7) is 0. The summed E-state index contributed by atoms with van der Waals surface area (Å²) in [5, 5.41) is 2.45. The van der Waals surface area contributed by atoms with Crippen LogP contribution in [0.25, 0.3) is 0 Å². The fraction of sp³-hybridized carbons (Fsp3) is 0.125. The summed E-state index contributed by atoms with van der Waals surface area (Å²) in [5.74, 6) is -0.730. The minimum absolute atomic E-state index is 0.0379. The van der Waals surface area contributed by atoms with Crippen LogP contribution in [0.2, 0.25) is 5.02 Å². The summed E-state index contributed by atoms with van der Waals surface area (Å²) >= 11 is 5.51. The fourth-order valence-corrected chi connectivity index (χ4v) is 1.39. The van der Waals surface area contributed by atoms with Crippen molar-refractivity contribution in [3.8, 4) is 0 Å². The number of amides is 1. The van der Waals surface area contributed by atoms with E-state index in [1.807, 2.05) is 0 Å². The van der Waals surface area contributed by atoms with Crippen LogP contribution in [0.4, 0.5) is 10.1 Å². The van der Waals surface area contributed by atoms with Gasteiger partial charge >= 0.3 is 0 Å². The number of nitrogens with one attached hydrogen (secondary N) is 1. The van der Waals surface area contributed by atoms with E-state index in [0.29, 0.717) is 5.56 Å². The van der Waals surface area contributed by atoms with Crippen molar-refractivity contribution < 1.29 is 9.18 Å². The Labute approximate surface area is 73.3 Å². The molecule has 62 valence electrons. The smallest absolute Gasteiger partial charge is 0.228 e. The second-order valence-electron chi connectivity index (χ2n) is 2.62. The van der Waals surface area contributed by atoms with Crippen LogP contribution >= 0.6 is 11.6 Å². The zero-order valence-corrected chi connectivity index (χ0v) is 6.78. The van der Waals surface area contributed by atoms with E-state index in [1.165, 1.54) is 6.07 Å². The molecule has 0 spiro atoms. The molecular weight excluding hydrogens is 181 g/mol. The Morgan fingerprint density at radius 1 is 1.50 bits per heavy atom. The second-order valence-corrected chi connectivity index (χ2v) is 3.03. The van der Waals surface area contributed by atoms with E-state index >= 15 is 0 Å². The van der Waals surface area contributed by atoms with Crippen LogP contribution in [0.3, 0.4) is 0 Å². The molecule has 0 aromatic heterocycles. The van der Waals surface area contributed by atoms with E-state index < -0.39 is 5.82 Å². The van der Waals surface area contributed by atoms with Gasteiger partial charge in [-0.1, -0.05) is 17.7 Å². The number of hydrogen-bond acceptors (Lipinski definition) is 1.